The van der Waals surface area contributed by atoms with Gasteiger partial charge in [-0.1, -0.05) is 37.3 Å². The highest BCUT2D eigenvalue weighted by Crippen LogP contribution is 2.23. The third kappa shape index (κ3) is 3.97. The summed E-state index contributed by atoms with van der Waals surface area (Å²) < 4.78 is 10.1. The quantitative estimate of drug-likeness (QED) is 0.803. The highest BCUT2D eigenvalue weighted by atomic mass is 16.6. The molecule has 1 aliphatic rings. The zero-order valence-corrected chi connectivity index (χ0v) is 12.5. The van der Waals surface area contributed by atoms with Gasteiger partial charge in [-0.2, -0.15) is 0 Å². The Balaban J connectivity index is 1.98. The maximum atomic E-state index is 12.2. The standard InChI is InChI=1S/C16H21NO4/c1-12-8-9-14(15(18)20-2)17(10-12)16(19)21-11-13-6-4-3-5-7-13/h3-7,12,14H,8-11H2,1-2H3/t12-,14-/m0/s1. The molecule has 1 aromatic rings. The number of esters is 1. The maximum absolute atomic E-state index is 12.2. The highest BCUT2D eigenvalue weighted by molar-refractivity contribution is 5.81. The van der Waals surface area contributed by atoms with Gasteiger partial charge in [0, 0.05) is 6.54 Å². The van der Waals surface area contributed by atoms with E-state index in [-0.39, 0.29) is 12.6 Å². The van der Waals surface area contributed by atoms with Crippen LogP contribution in [0.1, 0.15) is 25.3 Å². The largest absolute Gasteiger partial charge is 0.467 e. The lowest BCUT2D eigenvalue weighted by Gasteiger charge is -2.36. The number of amides is 1. The minimum Gasteiger partial charge on any atom is -0.467 e. The van der Waals surface area contributed by atoms with Crippen LogP contribution >= 0.6 is 0 Å². The number of hydrogen-bond donors (Lipinski definition) is 0. The van der Waals surface area contributed by atoms with E-state index in [1.807, 2.05) is 30.3 Å². The average molecular weight is 291 g/mol. The van der Waals surface area contributed by atoms with Crippen molar-refractivity contribution in [3.8, 4) is 0 Å². The number of likely N-dealkylation sites (tertiary alicyclic amines) is 1. The van der Waals surface area contributed by atoms with E-state index in [1.54, 1.807) is 0 Å². The number of nitrogens with zero attached hydrogens (tertiary/aromatic N) is 1. The number of piperidine rings is 1. The van der Waals surface area contributed by atoms with Gasteiger partial charge in [0.2, 0.25) is 0 Å². The van der Waals surface area contributed by atoms with Crippen molar-refractivity contribution >= 4 is 12.1 Å². The first-order chi connectivity index (χ1) is 10.1. The molecule has 2 atom stereocenters. The summed E-state index contributed by atoms with van der Waals surface area (Å²) in [6.07, 6.45) is 1.07. The minimum absolute atomic E-state index is 0.207. The van der Waals surface area contributed by atoms with Gasteiger partial charge in [0.15, 0.2) is 0 Å². The van der Waals surface area contributed by atoms with Crippen molar-refractivity contribution in [1.82, 2.24) is 4.90 Å². The van der Waals surface area contributed by atoms with E-state index in [0.717, 1.165) is 12.0 Å². The van der Waals surface area contributed by atoms with E-state index in [2.05, 4.69) is 6.92 Å². The van der Waals surface area contributed by atoms with E-state index in [1.165, 1.54) is 12.0 Å². The van der Waals surface area contributed by atoms with Crippen LogP contribution in [0.4, 0.5) is 4.79 Å². The molecule has 1 amide bonds. The van der Waals surface area contributed by atoms with Crippen LogP contribution in [0.3, 0.4) is 0 Å². The number of hydrogen-bond acceptors (Lipinski definition) is 4. The Hall–Kier alpha value is -2.04. The monoisotopic (exact) mass is 291 g/mol. The number of rotatable bonds is 3. The summed E-state index contributed by atoms with van der Waals surface area (Å²) in [7, 11) is 1.34. The van der Waals surface area contributed by atoms with Crippen LogP contribution in [0.25, 0.3) is 0 Å². The second-order valence-corrected chi connectivity index (χ2v) is 5.41. The normalized spacial score (nSPS) is 21.7. The zero-order chi connectivity index (χ0) is 15.2. The van der Waals surface area contributed by atoms with Crippen LogP contribution in [-0.4, -0.2) is 36.7 Å². The number of carbonyl (C=O) groups excluding carboxylic acids is 2. The van der Waals surface area contributed by atoms with Crippen LogP contribution in [0, 0.1) is 5.92 Å². The predicted octanol–water partition coefficient (Wildman–Crippen LogP) is 2.60. The lowest BCUT2D eigenvalue weighted by atomic mass is 9.94. The van der Waals surface area contributed by atoms with Crippen LogP contribution in [0.15, 0.2) is 30.3 Å². The summed E-state index contributed by atoms with van der Waals surface area (Å²) in [6.45, 7) is 2.79. The van der Waals surface area contributed by atoms with Gasteiger partial charge in [-0.05, 0) is 24.3 Å². The summed E-state index contributed by atoms with van der Waals surface area (Å²) in [5, 5.41) is 0. The second kappa shape index (κ2) is 7.11. The Morgan fingerprint density at radius 3 is 2.62 bits per heavy atom. The zero-order valence-electron chi connectivity index (χ0n) is 12.5. The summed E-state index contributed by atoms with van der Waals surface area (Å²) in [4.78, 5) is 25.5. The first kappa shape index (κ1) is 15.4. The molecule has 1 fully saturated rings. The smallest absolute Gasteiger partial charge is 0.410 e. The Morgan fingerprint density at radius 2 is 1.95 bits per heavy atom. The lowest BCUT2D eigenvalue weighted by molar-refractivity contribution is -0.148. The van der Waals surface area contributed by atoms with E-state index < -0.39 is 12.1 Å². The van der Waals surface area contributed by atoms with Crippen molar-refractivity contribution in [3.05, 3.63) is 35.9 Å². The topological polar surface area (TPSA) is 55.8 Å². The van der Waals surface area contributed by atoms with Crippen LogP contribution < -0.4 is 0 Å². The highest BCUT2D eigenvalue weighted by Gasteiger charge is 2.36. The van der Waals surface area contributed by atoms with E-state index in [4.69, 9.17) is 9.47 Å². The molecule has 0 radical (unpaired) electrons. The average Bonchev–Trinajstić information content (AvgIpc) is 2.52. The van der Waals surface area contributed by atoms with Crippen LogP contribution in [0.5, 0.6) is 0 Å². The van der Waals surface area contributed by atoms with Crippen molar-refractivity contribution in [3.63, 3.8) is 0 Å². The molecule has 0 unspecified atom stereocenters. The summed E-state index contributed by atoms with van der Waals surface area (Å²) >= 11 is 0. The lowest BCUT2D eigenvalue weighted by Crippen LogP contribution is -2.50. The van der Waals surface area contributed by atoms with E-state index in [0.29, 0.717) is 18.9 Å². The number of methoxy groups -OCH3 is 1. The number of benzene rings is 1. The van der Waals surface area contributed by atoms with Gasteiger partial charge in [0.05, 0.1) is 7.11 Å². The van der Waals surface area contributed by atoms with E-state index >= 15 is 0 Å². The summed E-state index contributed by atoms with van der Waals surface area (Å²) in [5.74, 6) is -0.0197. The minimum atomic E-state index is -0.533. The first-order valence-electron chi connectivity index (χ1n) is 7.17. The molecule has 0 saturated carbocycles. The Morgan fingerprint density at radius 1 is 1.24 bits per heavy atom. The summed E-state index contributed by atoms with van der Waals surface area (Å²) in [6, 6.07) is 8.94. The fourth-order valence-electron chi connectivity index (χ4n) is 2.54. The van der Waals surface area contributed by atoms with Gasteiger partial charge in [0.25, 0.3) is 0 Å². The molecule has 114 valence electrons. The molecule has 0 spiro atoms. The Labute approximate surface area is 124 Å². The molecule has 0 N–H and O–H groups in total. The van der Waals surface area contributed by atoms with Crippen LogP contribution in [-0.2, 0) is 20.9 Å². The molecule has 0 aromatic heterocycles. The van der Waals surface area contributed by atoms with Crippen molar-refractivity contribution < 1.29 is 19.1 Å². The molecule has 1 saturated heterocycles. The van der Waals surface area contributed by atoms with E-state index in [9.17, 15) is 9.59 Å². The van der Waals surface area contributed by atoms with Gasteiger partial charge >= 0.3 is 12.1 Å². The molecule has 1 heterocycles. The predicted molar refractivity (Wildman–Crippen MR) is 77.5 cm³/mol. The van der Waals surface area contributed by atoms with Crippen LogP contribution in [0.2, 0.25) is 0 Å². The molecule has 2 rings (SSSR count). The van der Waals surface area contributed by atoms with Gasteiger partial charge in [-0.15, -0.1) is 0 Å². The molecule has 1 aliphatic heterocycles. The molecule has 1 aromatic carbocycles. The number of ether oxygens (including phenoxy) is 2. The van der Waals surface area contributed by atoms with Gasteiger partial charge < -0.3 is 9.47 Å². The molecular weight excluding hydrogens is 270 g/mol. The molecule has 0 aliphatic carbocycles. The second-order valence-electron chi connectivity index (χ2n) is 5.41. The van der Waals surface area contributed by atoms with Crippen molar-refractivity contribution in [2.24, 2.45) is 5.92 Å². The fraction of sp³-hybridized carbons (Fsp3) is 0.500. The van der Waals surface area contributed by atoms with Gasteiger partial charge in [-0.25, -0.2) is 9.59 Å². The van der Waals surface area contributed by atoms with Gasteiger partial charge in [-0.3, -0.25) is 4.90 Å². The molecule has 0 bridgehead atoms. The van der Waals surface area contributed by atoms with Gasteiger partial charge in [0.1, 0.15) is 12.6 Å². The number of carbonyl (C=O) groups is 2. The third-order valence-electron chi connectivity index (χ3n) is 3.73. The van der Waals surface area contributed by atoms with Crippen molar-refractivity contribution in [1.29, 1.82) is 0 Å². The Bertz CT molecular complexity index is 488. The molecule has 21 heavy (non-hydrogen) atoms. The van der Waals surface area contributed by atoms with Crippen molar-refractivity contribution in [2.75, 3.05) is 13.7 Å². The molecular formula is C16H21NO4. The molecule has 5 heteroatoms. The molecule has 5 nitrogen and oxygen atoms in total. The summed E-state index contributed by atoms with van der Waals surface area (Å²) in [5.41, 5.74) is 0.922. The maximum Gasteiger partial charge on any atom is 0.410 e. The SMILES string of the molecule is COC(=O)[C@@H]1CC[C@H](C)CN1C(=O)OCc1ccccc1. The van der Waals surface area contributed by atoms with Crippen molar-refractivity contribution in [2.45, 2.75) is 32.4 Å². The third-order valence-corrected chi connectivity index (χ3v) is 3.73. The first-order valence-corrected chi connectivity index (χ1v) is 7.17. The fourth-order valence-corrected chi connectivity index (χ4v) is 2.54. The Kier molecular flexibility index (Phi) is 5.20.